The van der Waals surface area contributed by atoms with Crippen molar-refractivity contribution in [2.45, 2.75) is 0 Å². The second kappa shape index (κ2) is 3.27. The predicted octanol–water partition coefficient (Wildman–Crippen LogP) is -1.99. The van der Waals surface area contributed by atoms with Gasteiger partial charge in [-0.05, 0) is 5.18 Å². The predicted molar refractivity (Wildman–Crippen MR) is 21.2 cm³/mol. The van der Waals surface area contributed by atoms with E-state index in [9.17, 15) is 9.70 Å². The lowest BCUT2D eigenvalue weighted by atomic mass is 10.7. The Morgan fingerprint density at radius 2 is 2.43 bits per heavy atom. The minimum absolute atomic E-state index is 0.267. The van der Waals surface area contributed by atoms with Crippen LogP contribution in [0.2, 0.25) is 0 Å². The standard InChI is InChI=1S/C3H5NO3/c1-7-3(5)2-4-6/h2H2,1H3/p+1. The van der Waals surface area contributed by atoms with Gasteiger partial charge in [0.2, 0.25) is 0 Å². The topological polar surface area (TPSA) is 57.3 Å². The molecule has 0 aliphatic rings. The second-order valence-electron chi connectivity index (χ2n) is 0.897. The van der Waals surface area contributed by atoms with Crippen LogP contribution in [0.25, 0.3) is 0 Å². The van der Waals surface area contributed by atoms with Gasteiger partial charge in [0.25, 0.3) is 6.54 Å². The summed E-state index contributed by atoms with van der Waals surface area (Å²) in [6.45, 7) is -0.267. The number of hydrogen-bond acceptors (Lipinski definition) is 3. The van der Waals surface area contributed by atoms with E-state index in [4.69, 9.17) is 0 Å². The van der Waals surface area contributed by atoms with Crippen molar-refractivity contribution in [3.05, 3.63) is 4.91 Å². The molecule has 0 aliphatic heterocycles. The van der Waals surface area contributed by atoms with Crippen molar-refractivity contribution in [1.82, 2.24) is 0 Å². The minimum Gasteiger partial charge on any atom is -0.464 e. The molecule has 0 fully saturated rings. The molecule has 4 nitrogen and oxygen atoms in total. The van der Waals surface area contributed by atoms with Gasteiger partial charge in [-0.1, -0.05) is 0 Å². The Morgan fingerprint density at radius 3 is 2.57 bits per heavy atom. The van der Waals surface area contributed by atoms with Crippen molar-refractivity contribution in [1.29, 1.82) is 0 Å². The van der Waals surface area contributed by atoms with E-state index in [1.165, 1.54) is 12.3 Å². The van der Waals surface area contributed by atoms with Crippen molar-refractivity contribution in [2.75, 3.05) is 13.7 Å². The first kappa shape index (κ1) is 6.07. The summed E-state index contributed by atoms with van der Waals surface area (Å²) in [5, 5.41) is 1.39. The number of ether oxygens (including phenoxy) is 1. The molecule has 0 bridgehead atoms. The average Bonchev–Trinajstić information content (AvgIpc) is 1.68. The highest BCUT2D eigenvalue weighted by Gasteiger charge is 2.00. The second-order valence-corrected chi connectivity index (χ2v) is 0.897. The fourth-order valence-electron chi connectivity index (χ4n) is 0.131. The van der Waals surface area contributed by atoms with E-state index in [1.807, 2.05) is 0 Å². The Hall–Kier alpha value is -0.930. The Bertz CT molecular complexity index is 80.2. The van der Waals surface area contributed by atoms with Gasteiger partial charge in [-0.15, -0.1) is 0 Å². The molecule has 4 heteroatoms. The van der Waals surface area contributed by atoms with Crippen molar-refractivity contribution in [3.63, 3.8) is 0 Å². The molecule has 0 aromatic heterocycles. The van der Waals surface area contributed by atoms with Crippen LogP contribution in [0.3, 0.4) is 0 Å². The quantitative estimate of drug-likeness (QED) is 0.412. The zero-order chi connectivity index (χ0) is 5.70. The van der Waals surface area contributed by atoms with Gasteiger partial charge in [-0.2, -0.15) is 0 Å². The fourth-order valence-corrected chi connectivity index (χ4v) is 0.131. The molecule has 0 saturated heterocycles. The summed E-state index contributed by atoms with van der Waals surface area (Å²) in [5.41, 5.74) is 0. The first-order valence-electron chi connectivity index (χ1n) is 1.73. The summed E-state index contributed by atoms with van der Waals surface area (Å²) in [7, 11) is 1.22. The molecule has 0 rings (SSSR count). The van der Waals surface area contributed by atoms with Crippen LogP contribution in [0.5, 0.6) is 0 Å². The van der Waals surface area contributed by atoms with Gasteiger partial charge in [-0.25, -0.2) is 4.79 Å². The summed E-state index contributed by atoms with van der Waals surface area (Å²) < 4.78 is 4.09. The van der Waals surface area contributed by atoms with Crippen molar-refractivity contribution in [3.8, 4) is 0 Å². The smallest absolute Gasteiger partial charge is 0.376 e. The molecule has 0 atom stereocenters. The normalized spacial score (nSPS) is 7.57. The van der Waals surface area contributed by atoms with Gasteiger partial charge in [0.05, 0.1) is 7.11 Å². The number of nitrogens with one attached hydrogen (secondary N) is 1. The zero-order valence-corrected chi connectivity index (χ0v) is 3.93. The molecular weight excluding hydrogens is 98.0 g/mol. The summed E-state index contributed by atoms with van der Waals surface area (Å²) >= 11 is 0. The number of nitroso groups, excluding NO2 is 1. The number of methoxy groups -OCH3 is 1. The fraction of sp³-hybridized carbons (Fsp3) is 0.667. The molecule has 40 valence electrons. The highest BCUT2D eigenvalue weighted by molar-refractivity contribution is 5.69. The van der Waals surface area contributed by atoms with E-state index in [-0.39, 0.29) is 6.54 Å². The van der Waals surface area contributed by atoms with E-state index < -0.39 is 5.97 Å². The monoisotopic (exact) mass is 104 g/mol. The minimum atomic E-state index is -0.546. The summed E-state index contributed by atoms with van der Waals surface area (Å²) in [6, 6.07) is 0. The van der Waals surface area contributed by atoms with Crippen LogP contribution in [0.4, 0.5) is 0 Å². The van der Waals surface area contributed by atoms with E-state index in [2.05, 4.69) is 4.74 Å². The third-order valence-electron chi connectivity index (χ3n) is 0.444. The molecule has 0 spiro atoms. The van der Waals surface area contributed by atoms with E-state index in [0.29, 0.717) is 0 Å². The third kappa shape index (κ3) is 2.88. The molecular formula is C3H6NO3+. The molecule has 7 heavy (non-hydrogen) atoms. The van der Waals surface area contributed by atoms with E-state index in [0.717, 1.165) is 0 Å². The number of carbonyl (C=O) groups excluding carboxylic acids is 1. The maximum atomic E-state index is 9.93. The van der Waals surface area contributed by atoms with Gasteiger partial charge in [0, 0.05) is 4.91 Å². The number of rotatable bonds is 2. The summed E-state index contributed by atoms with van der Waals surface area (Å²) in [4.78, 5) is 19.3. The number of esters is 1. The first-order chi connectivity index (χ1) is 3.31. The van der Waals surface area contributed by atoms with Crippen LogP contribution < -0.4 is 5.18 Å². The Kier molecular flexibility index (Phi) is 2.83. The van der Waals surface area contributed by atoms with Crippen LogP contribution in [0.15, 0.2) is 0 Å². The molecule has 0 aliphatic carbocycles. The Balaban J connectivity index is 3.17. The van der Waals surface area contributed by atoms with Gasteiger partial charge >= 0.3 is 5.97 Å². The molecule has 1 N–H and O–H groups in total. The lowest BCUT2D eigenvalue weighted by Crippen LogP contribution is -2.67. The molecule has 0 aromatic carbocycles. The Morgan fingerprint density at radius 1 is 1.86 bits per heavy atom. The maximum absolute atomic E-state index is 9.93. The van der Waals surface area contributed by atoms with Crippen LogP contribution in [-0.2, 0) is 9.53 Å². The van der Waals surface area contributed by atoms with Crippen LogP contribution >= 0.6 is 0 Å². The average molecular weight is 104 g/mol. The van der Waals surface area contributed by atoms with Crippen LogP contribution in [0.1, 0.15) is 0 Å². The maximum Gasteiger partial charge on any atom is 0.376 e. The van der Waals surface area contributed by atoms with Crippen molar-refractivity contribution < 1.29 is 14.7 Å². The van der Waals surface area contributed by atoms with E-state index in [1.54, 1.807) is 0 Å². The largest absolute Gasteiger partial charge is 0.464 e. The van der Waals surface area contributed by atoms with Gasteiger partial charge in [-0.3, -0.25) is 0 Å². The molecule has 0 aromatic rings. The van der Waals surface area contributed by atoms with Crippen LogP contribution in [-0.4, -0.2) is 19.6 Å². The molecule has 0 radical (unpaired) electrons. The molecule has 0 saturated carbocycles. The molecule has 0 unspecified atom stereocenters. The van der Waals surface area contributed by atoms with Crippen LogP contribution in [0, 0.1) is 4.91 Å². The third-order valence-corrected chi connectivity index (χ3v) is 0.444. The number of hydrogen-bond donors (Lipinski definition) is 1. The zero-order valence-electron chi connectivity index (χ0n) is 3.93. The molecule has 0 amide bonds. The Labute approximate surface area is 40.4 Å². The SMILES string of the molecule is COC(=O)C[NH+]=O. The summed E-state index contributed by atoms with van der Waals surface area (Å²) in [5.74, 6) is -0.546. The highest BCUT2D eigenvalue weighted by Crippen LogP contribution is 1.59. The van der Waals surface area contributed by atoms with Gasteiger partial charge < -0.3 is 4.74 Å². The number of carbonyl (C=O) groups is 1. The van der Waals surface area contributed by atoms with Crippen molar-refractivity contribution >= 4 is 5.97 Å². The highest BCUT2D eigenvalue weighted by atomic mass is 16.5. The van der Waals surface area contributed by atoms with Gasteiger partial charge in [0.1, 0.15) is 0 Å². The van der Waals surface area contributed by atoms with Crippen molar-refractivity contribution in [2.24, 2.45) is 0 Å². The van der Waals surface area contributed by atoms with E-state index >= 15 is 0 Å². The lowest BCUT2D eigenvalue weighted by molar-refractivity contribution is -0.470. The summed E-state index contributed by atoms with van der Waals surface area (Å²) in [6.07, 6.45) is 0. The first-order valence-corrected chi connectivity index (χ1v) is 1.73. The van der Waals surface area contributed by atoms with Gasteiger partial charge in [0.15, 0.2) is 0 Å². The lowest BCUT2D eigenvalue weighted by Gasteiger charge is -1.82. The molecule has 0 heterocycles.